The van der Waals surface area contributed by atoms with Crippen molar-refractivity contribution in [3.63, 3.8) is 0 Å². The van der Waals surface area contributed by atoms with Crippen molar-refractivity contribution in [2.24, 2.45) is 16.6 Å². The van der Waals surface area contributed by atoms with Crippen LogP contribution in [0, 0.1) is 10.8 Å². The van der Waals surface area contributed by atoms with Gasteiger partial charge in [0.1, 0.15) is 11.6 Å². The Morgan fingerprint density at radius 1 is 0.795 bits per heavy atom. The number of hydrogen-bond donors (Lipinski definition) is 1. The first-order valence-electron chi connectivity index (χ1n) is 12.7. The summed E-state index contributed by atoms with van der Waals surface area (Å²) in [6, 6.07) is 13.1. The molecular weight excluding hydrogens is 502 g/mol. The minimum atomic E-state index is -1.58. The topological polar surface area (TPSA) is 131 Å². The number of carbonyl (C=O) groups is 4. The molecule has 0 aromatic heterocycles. The summed E-state index contributed by atoms with van der Waals surface area (Å²) in [5.74, 6) is -2.23. The highest BCUT2D eigenvalue weighted by Crippen LogP contribution is 2.34. The number of methoxy groups -OCH3 is 1. The third kappa shape index (κ3) is 8.92. The molecule has 1 unspecified atom stereocenters. The van der Waals surface area contributed by atoms with Crippen molar-refractivity contribution in [3.8, 4) is 11.5 Å². The molecule has 9 heteroatoms. The van der Waals surface area contributed by atoms with Gasteiger partial charge in [0.25, 0.3) is 0 Å². The number of esters is 4. The number of ether oxygens (including phenoxy) is 4. The first kappa shape index (κ1) is 31.5. The zero-order chi connectivity index (χ0) is 29.6. The summed E-state index contributed by atoms with van der Waals surface area (Å²) in [6.45, 7) is 11.8. The van der Waals surface area contributed by atoms with Crippen LogP contribution >= 0.6 is 0 Å². The van der Waals surface area contributed by atoms with Gasteiger partial charge in [-0.05, 0) is 78.3 Å². The Balaban J connectivity index is 2.36. The van der Waals surface area contributed by atoms with Crippen LogP contribution < -0.4 is 15.2 Å². The molecule has 0 spiro atoms. The molecule has 0 amide bonds. The van der Waals surface area contributed by atoms with Crippen LogP contribution in [-0.4, -0.2) is 42.6 Å². The highest BCUT2D eigenvalue weighted by molar-refractivity contribution is 5.89. The molecule has 0 aliphatic heterocycles. The summed E-state index contributed by atoms with van der Waals surface area (Å²) in [5, 5.41) is 0. The fourth-order valence-corrected chi connectivity index (χ4v) is 3.51. The van der Waals surface area contributed by atoms with Gasteiger partial charge >= 0.3 is 23.9 Å². The average molecular weight is 542 g/mol. The van der Waals surface area contributed by atoms with Gasteiger partial charge in [-0.2, -0.15) is 0 Å². The maximum absolute atomic E-state index is 12.8. The summed E-state index contributed by atoms with van der Waals surface area (Å²) in [6.07, 6.45) is -0.816. The summed E-state index contributed by atoms with van der Waals surface area (Å²) in [7, 11) is 1.22. The van der Waals surface area contributed by atoms with Gasteiger partial charge in [0.2, 0.25) is 0 Å². The lowest BCUT2D eigenvalue weighted by molar-refractivity contribution is -0.148. The maximum atomic E-state index is 12.8. The molecule has 2 aromatic carbocycles. The van der Waals surface area contributed by atoms with Crippen LogP contribution in [0.15, 0.2) is 48.5 Å². The molecule has 0 aliphatic carbocycles. The minimum Gasteiger partial charge on any atom is -0.468 e. The smallest absolute Gasteiger partial charge is 0.338 e. The van der Waals surface area contributed by atoms with Crippen LogP contribution in [0.3, 0.4) is 0 Å². The summed E-state index contributed by atoms with van der Waals surface area (Å²) >= 11 is 0. The second-order valence-electron chi connectivity index (χ2n) is 11.7. The van der Waals surface area contributed by atoms with Crippen molar-refractivity contribution >= 4 is 23.9 Å². The molecule has 0 saturated carbocycles. The van der Waals surface area contributed by atoms with Gasteiger partial charge in [-0.15, -0.1) is 0 Å². The maximum Gasteiger partial charge on any atom is 0.338 e. The molecule has 0 heterocycles. The van der Waals surface area contributed by atoms with Crippen molar-refractivity contribution < 1.29 is 38.1 Å². The first-order valence-corrected chi connectivity index (χ1v) is 12.7. The van der Waals surface area contributed by atoms with Gasteiger partial charge < -0.3 is 24.7 Å². The van der Waals surface area contributed by atoms with Gasteiger partial charge in [-0.25, -0.2) is 4.79 Å². The van der Waals surface area contributed by atoms with Crippen molar-refractivity contribution in [3.05, 3.63) is 59.7 Å². The molecule has 2 aromatic rings. The molecular formula is C30H39NO8. The highest BCUT2D eigenvalue weighted by Gasteiger charge is 2.39. The largest absolute Gasteiger partial charge is 0.468 e. The van der Waals surface area contributed by atoms with E-state index in [-0.39, 0.29) is 24.3 Å². The van der Waals surface area contributed by atoms with Crippen LogP contribution in [0.25, 0.3) is 0 Å². The number of rotatable bonds is 9. The van der Waals surface area contributed by atoms with Crippen LogP contribution in [-0.2, 0) is 30.3 Å². The summed E-state index contributed by atoms with van der Waals surface area (Å²) in [4.78, 5) is 50.5. The lowest BCUT2D eigenvalue weighted by Crippen LogP contribution is -2.53. The van der Waals surface area contributed by atoms with Gasteiger partial charge in [0, 0.05) is 12.8 Å². The Morgan fingerprint density at radius 3 is 1.85 bits per heavy atom. The second-order valence-corrected chi connectivity index (χ2v) is 11.7. The predicted molar refractivity (Wildman–Crippen MR) is 145 cm³/mol. The second kappa shape index (κ2) is 12.4. The Bertz CT molecular complexity index is 1190. The van der Waals surface area contributed by atoms with E-state index in [2.05, 4.69) is 0 Å². The molecule has 0 bridgehead atoms. The van der Waals surface area contributed by atoms with E-state index < -0.39 is 46.4 Å². The lowest BCUT2D eigenvalue weighted by atomic mass is 9.86. The first-order chi connectivity index (χ1) is 18.0. The van der Waals surface area contributed by atoms with Gasteiger partial charge in [-0.3, -0.25) is 14.4 Å². The molecule has 0 radical (unpaired) electrons. The Morgan fingerprint density at radius 2 is 1.33 bits per heavy atom. The number of hydrogen-bond acceptors (Lipinski definition) is 9. The van der Waals surface area contributed by atoms with Crippen molar-refractivity contribution in [1.82, 2.24) is 0 Å². The third-order valence-corrected chi connectivity index (χ3v) is 5.72. The standard InChI is InChI=1S/C30H39NO8/c1-19(37-24(32)21-12-10-9-11-13-21)17-30(31,27(35)36-8)18-20-14-15-22(38-25(33)28(2,3)4)23(16-20)39-26(34)29(5,6)7/h9-16,19H,17-18,31H2,1-8H3/t19?,30-/m1/s1. The summed E-state index contributed by atoms with van der Waals surface area (Å²) < 4.78 is 21.6. The third-order valence-electron chi connectivity index (χ3n) is 5.72. The van der Waals surface area contributed by atoms with Gasteiger partial charge in [-0.1, -0.05) is 24.3 Å². The fourth-order valence-electron chi connectivity index (χ4n) is 3.51. The van der Waals surface area contributed by atoms with E-state index in [4.69, 9.17) is 24.7 Å². The Kier molecular flexibility index (Phi) is 10.0. The molecule has 2 rings (SSSR count). The van der Waals surface area contributed by atoms with Crippen molar-refractivity contribution in [2.75, 3.05) is 7.11 Å². The highest BCUT2D eigenvalue weighted by atomic mass is 16.6. The van der Waals surface area contributed by atoms with Crippen LogP contribution in [0.5, 0.6) is 11.5 Å². The summed E-state index contributed by atoms with van der Waals surface area (Å²) in [5.41, 5.74) is 4.21. The molecule has 2 atom stereocenters. The van der Waals surface area contributed by atoms with E-state index in [0.717, 1.165) is 0 Å². The minimum absolute atomic E-state index is 0.0146. The van der Waals surface area contributed by atoms with Crippen LogP contribution in [0.4, 0.5) is 0 Å². The van der Waals surface area contributed by atoms with Crippen LogP contribution in [0.2, 0.25) is 0 Å². The SMILES string of the molecule is COC(=O)[C@](N)(Cc1ccc(OC(=O)C(C)(C)C)c(OC(=O)C(C)(C)C)c1)CC(C)OC(=O)c1ccccc1. The quantitative estimate of drug-likeness (QED) is 0.356. The molecule has 212 valence electrons. The number of carbonyl (C=O) groups excluding carboxylic acids is 4. The molecule has 9 nitrogen and oxygen atoms in total. The molecule has 2 N–H and O–H groups in total. The van der Waals surface area contributed by atoms with E-state index in [9.17, 15) is 19.2 Å². The van der Waals surface area contributed by atoms with Crippen LogP contribution in [0.1, 0.15) is 70.8 Å². The zero-order valence-electron chi connectivity index (χ0n) is 24.0. The predicted octanol–water partition coefficient (Wildman–Crippen LogP) is 4.64. The molecule has 0 fully saturated rings. The average Bonchev–Trinajstić information content (AvgIpc) is 2.84. The van der Waals surface area contributed by atoms with E-state index in [1.165, 1.54) is 19.2 Å². The lowest BCUT2D eigenvalue weighted by Gasteiger charge is -2.29. The number of nitrogens with two attached hydrogens (primary N) is 1. The monoisotopic (exact) mass is 541 g/mol. The van der Waals surface area contributed by atoms with Gasteiger partial charge in [0.15, 0.2) is 11.5 Å². The fraction of sp³-hybridized carbons (Fsp3) is 0.467. The molecule has 0 saturated heterocycles. The molecule has 39 heavy (non-hydrogen) atoms. The van der Waals surface area contributed by atoms with E-state index in [1.54, 1.807) is 84.9 Å². The van der Waals surface area contributed by atoms with E-state index in [1.807, 2.05) is 0 Å². The van der Waals surface area contributed by atoms with Crippen molar-refractivity contribution in [2.45, 2.75) is 73.0 Å². The Labute approximate surface area is 229 Å². The number of benzene rings is 2. The molecule has 0 aliphatic rings. The Hall–Kier alpha value is -3.72. The van der Waals surface area contributed by atoms with E-state index in [0.29, 0.717) is 11.1 Å². The van der Waals surface area contributed by atoms with Crippen molar-refractivity contribution in [1.29, 1.82) is 0 Å². The van der Waals surface area contributed by atoms with E-state index >= 15 is 0 Å². The normalized spacial score (nSPS) is 14.0. The zero-order valence-corrected chi connectivity index (χ0v) is 24.0. The van der Waals surface area contributed by atoms with Gasteiger partial charge in [0.05, 0.1) is 23.5 Å².